The van der Waals surface area contributed by atoms with Crippen LogP contribution in [0.2, 0.25) is 0 Å². The summed E-state index contributed by atoms with van der Waals surface area (Å²) in [7, 11) is 0. The Kier molecular flexibility index (Phi) is 5.96. The second-order valence-corrected chi connectivity index (χ2v) is 10.8. The number of hydrogen-bond donors (Lipinski definition) is 3. The molecule has 0 aliphatic carbocycles. The molecule has 1 aromatic carbocycles. The lowest BCUT2D eigenvalue weighted by Gasteiger charge is -2.44. The number of benzene rings is 1. The first kappa shape index (κ1) is 22.9. The zero-order valence-electron chi connectivity index (χ0n) is 18.0. The van der Waals surface area contributed by atoms with E-state index in [0.717, 1.165) is 0 Å². The molecule has 168 valence electrons. The molecule has 4 atom stereocenters. The molecule has 0 spiro atoms. The van der Waals surface area contributed by atoms with Gasteiger partial charge in [-0.3, -0.25) is 9.59 Å². The smallest absolute Gasteiger partial charge is 0.408 e. The predicted molar refractivity (Wildman–Crippen MR) is 114 cm³/mol. The molecule has 1 aromatic rings. The minimum atomic E-state index is -1.08. The molecule has 2 heterocycles. The van der Waals surface area contributed by atoms with Crippen LogP contribution in [0.5, 0.6) is 0 Å². The highest BCUT2D eigenvalue weighted by Crippen LogP contribution is 2.50. The first-order valence-corrected chi connectivity index (χ1v) is 10.8. The van der Waals surface area contributed by atoms with Crippen molar-refractivity contribution < 1.29 is 29.0 Å². The van der Waals surface area contributed by atoms with Crippen LogP contribution in [0, 0.1) is 0 Å². The van der Waals surface area contributed by atoms with Crippen LogP contribution in [-0.2, 0) is 19.1 Å². The highest BCUT2D eigenvalue weighted by Gasteiger charge is 2.64. The number of ether oxygens (including phenoxy) is 1. The van der Waals surface area contributed by atoms with E-state index in [1.165, 1.54) is 16.7 Å². The fourth-order valence-corrected chi connectivity index (χ4v) is 5.38. The van der Waals surface area contributed by atoms with E-state index in [4.69, 9.17) is 4.74 Å². The Morgan fingerprint density at radius 3 is 2.35 bits per heavy atom. The maximum atomic E-state index is 13.1. The number of rotatable bonds is 5. The quantitative estimate of drug-likeness (QED) is 0.586. The van der Waals surface area contributed by atoms with Crippen molar-refractivity contribution in [1.29, 1.82) is 0 Å². The van der Waals surface area contributed by atoms with Crippen molar-refractivity contribution in [1.82, 2.24) is 15.5 Å². The van der Waals surface area contributed by atoms with Gasteiger partial charge >= 0.3 is 12.1 Å². The minimum Gasteiger partial charge on any atom is -0.480 e. The van der Waals surface area contributed by atoms with Gasteiger partial charge in [0.15, 0.2) is 0 Å². The molecule has 9 nitrogen and oxygen atoms in total. The van der Waals surface area contributed by atoms with E-state index in [-0.39, 0.29) is 0 Å². The van der Waals surface area contributed by atoms with E-state index in [0.29, 0.717) is 5.56 Å². The summed E-state index contributed by atoms with van der Waals surface area (Å²) < 4.78 is 4.57. The van der Waals surface area contributed by atoms with Crippen molar-refractivity contribution in [2.75, 3.05) is 0 Å². The van der Waals surface area contributed by atoms with Crippen molar-refractivity contribution in [3.05, 3.63) is 35.9 Å². The summed E-state index contributed by atoms with van der Waals surface area (Å²) in [5, 5.41) is 14.3. The van der Waals surface area contributed by atoms with E-state index in [1.807, 2.05) is 0 Å². The molecule has 3 rings (SSSR count). The maximum absolute atomic E-state index is 13.1. The zero-order valence-corrected chi connectivity index (χ0v) is 18.9. The Labute approximate surface area is 184 Å². The third kappa shape index (κ3) is 4.63. The summed E-state index contributed by atoms with van der Waals surface area (Å²) in [4.78, 5) is 51.0. The lowest BCUT2D eigenvalue weighted by atomic mass is 9.95. The second-order valence-electron chi connectivity index (χ2n) is 9.07. The van der Waals surface area contributed by atoms with Crippen LogP contribution >= 0.6 is 11.8 Å². The third-order valence-electron chi connectivity index (χ3n) is 5.03. The van der Waals surface area contributed by atoms with Crippen molar-refractivity contribution in [2.45, 2.75) is 68.5 Å². The summed E-state index contributed by atoms with van der Waals surface area (Å²) >= 11 is 1.33. The van der Waals surface area contributed by atoms with Gasteiger partial charge in [0.25, 0.3) is 0 Å². The SMILES string of the molecule is CC(C)(C)OC(=O)N[C@@H](C(=O)N[C@@H]1C(=O)N2[C@@H]1SC(C)(C)[C@@H]2C(=O)O)c1ccccc1. The fourth-order valence-electron chi connectivity index (χ4n) is 3.75. The van der Waals surface area contributed by atoms with E-state index < -0.39 is 57.7 Å². The van der Waals surface area contributed by atoms with Crippen LogP contribution in [-0.4, -0.2) is 61.7 Å². The number of nitrogens with one attached hydrogen (secondary N) is 2. The van der Waals surface area contributed by atoms with Gasteiger partial charge < -0.3 is 25.4 Å². The number of fused-ring (bicyclic) bond motifs is 1. The molecule has 0 aromatic heterocycles. The minimum absolute atomic E-state index is 0.451. The molecule has 2 fully saturated rings. The van der Waals surface area contributed by atoms with Crippen LogP contribution in [0.25, 0.3) is 0 Å². The first-order chi connectivity index (χ1) is 14.3. The maximum Gasteiger partial charge on any atom is 0.408 e. The van der Waals surface area contributed by atoms with Crippen LogP contribution in [0.4, 0.5) is 4.79 Å². The lowest BCUT2D eigenvalue weighted by molar-refractivity contribution is -0.161. The third-order valence-corrected chi connectivity index (χ3v) is 6.60. The van der Waals surface area contributed by atoms with Crippen LogP contribution in [0.15, 0.2) is 30.3 Å². The molecule has 3 amide bonds. The van der Waals surface area contributed by atoms with E-state index in [1.54, 1.807) is 65.0 Å². The first-order valence-electron chi connectivity index (χ1n) is 9.89. The van der Waals surface area contributed by atoms with Gasteiger partial charge in [0.1, 0.15) is 29.1 Å². The number of carbonyl (C=O) groups is 4. The number of hydrogen-bond acceptors (Lipinski definition) is 6. The number of nitrogens with zero attached hydrogens (tertiary/aromatic N) is 1. The number of alkyl carbamates (subject to hydrolysis) is 1. The fraction of sp³-hybridized carbons (Fsp3) is 0.524. The molecule has 0 radical (unpaired) electrons. The number of carboxylic acid groups (broad SMARTS) is 1. The molecule has 2 aliphatic heterocycles. The normalized spacial score (nSPS) is 25.1. The number of carboxylic acids is 1. The summed E-state index contributed by atoms with van der Waals surface area (Å²) in [5.41, 5.74) is -0.221. The Morgan fingerprint density at radius 2 is 1.81 bits per heavy atom. The summed E-state index contributed by atoms with van der Waals surface area (Å²) in [6.45, 7) is 8.66. The number of thioether (sulfide) groups is 1. The van der Waals surface area contributed by atoms with Crippen LogP contribution in [0.1, 0.15) is 46.2 Å². The van der Waals surface area contributed by atoms with Crippen molar-refractivity contribution in [2.24, 2.45) is 0 Å². The van der Waals surface area contributed by atoms with Gasteiger partial charge in [-0.1, -0.05) is 30.3 Å². The molecule has 0 unspecified atom stereocenters. The average Bonchev–Trinajstić information content (AvgIpc) is 2.91. The zero-order chi connectivity index (χ0) is 23.1. The molecule has 31 heavy (non-hydrogen) atoms. The monoisotopic (exact) mass is 449 g/mol. The topological polar surface area (TPSA) is 125 Å². The van der Waals surface area contributed by atoms with Gasteiger partial charge in [-0.05, 0) is 40.2 Å². The number of amides is 3. The van der Waals surface area contributed by atoms with Crippen molar-refractivity contribution in [3.63, 3.8) is 0 Å². The number of carbonyl (C=O) groups excluding carboxylic acids is 3. The van der Waals surface area contributed by atoms with Gasteiger partial charge in [-0.25, -0.2) is 9.59 Å². The molecule has 2 saturated heterocycles. The number of β-lactam (4-membered cyclic amide) rings is 1. The molecular formula is C21H27N3O6S. The number of aliphatic carboxylic acids is 1. The summed E-state index contributed by atoms with van der Waals surface area (Å²) in [6.07, 6.45) is -0.764. The van der Waals surface area contributed by atoms with E-state index in [2.05, 4.69) is 10.6 Å². The molecule has 0 bridgehead atoms. The van der Waals surface area contributed by atoms with Gasteiger partial charge in [0.05, 0.1) is 0 Å². The molecule has 2 aliphatic rings. The van der Waals surface area contributed by atoms with Gasteiger partial charge in [0.2, 0.25) is 11.8 Å². The van der Waals surface area contributed by atoms with Crippen LogP contribution in [0.3, 0.4) is 0 Å². The summed E-state index contributed by atoms with van der Waals surface area (Å²) in [5.74, 6) is -2.10. The Morgan fingerprint density at radius 1 is 1.19 bits per heavy atom. The molecular weight excluding hydrogens is 422 g/mol. The van der Waals surface area contributed by atoms with E-state index in [9.17, 15) is 24.3 Å². The largest absolute Gasteiger partial charge is 0.480 e. The lowest BCUT2D eigenvalue weighted by Crippen LogP contribution is -2.71. The predicted octanol–water partition coefficient (Wildman–Crippen LogP) is 1.88. The van der Waals surface area contributed by atoms with Crippen molar-refractivity contribution >= 4 is 35.6 Å². The highest BCUT2D eigenvalue weighted by molar-refractivity contribution is 8.01. The Hall–Kier alpha value is -2.75. The standard InChI is InChI=1S/C21H27N3O6S/c1-20(2,3)30-19(29)23-12(11-9-7-6-8-10-11)15(25)22-13-16(26)24-14(18(27)28)21(4,5)31-17(13)24/h6-10,12-14,17H,1-5H3,(H,22,25)(H,23,29)(H,27,28)/t12-,13-,14+,17-/m1/s1. The van der Waals surface area contributed by atoms with Gasteiger partial charge in [-0.15, -0.1) is 11.8 Å². The van der Waals surface area contributed by atoms with Gasteiger partial charge in [0, 0.05) is 4.75 Å². The molecule has 0 saturated carbocycles. The van der Waals surface area contributed by atoms with E-state index >= 15 is 0 Å². The Bertz CT molecular complexity index is 898. The molecule has 3 N–H and O–H groups in total. The average molecular weight is 450 g/mol. The Balaban J connectivity index is 1.76. The van der Waals surface area contributed by atoms with Crippen LogP contribution < -0.4 is 10.6 Å². The van der Waals surface area contributed by atoms with Gasteiger partial charge in [-0.2, -0.15) is 0 Å². The molecule has 10 heteroatoms. The highest BCUT2D eigenvalue weighted by atomic mass is 32.2. The second kappa shape index (κ2) is 8.07. The van der Waals surface area contributed by atoms with Crippen molar-refractivity contribution in [3.8, 4) is 0 Å². The summed E-state index contributed by atoms with van der Waals surface area (Å²) in [6, 6.07) is 5.70.